The Morgan fingerprint density at radius 1 is 0.153 bits per heavy atom. The predicted molar refractivity (Wildman–Crippen MR) is 306 cm³/mol. The Labute approximate surface area is 421 Å². The maximum absolute atomic E-state index is 2.35. The van der Waals surface area contributed by atoms with Crippen molar-refractivity contribution in [2.45, 2.75) is 0 Å². The molecule has 0 amide bonds. The molecule has 0 aromatic heterocycles. The summed E-state index contributed by atoms with van der Waals surface area (Å²) in [4.78, 5) is 9.35. The van der Waals surface area contributed by atoms with Crippen LogP contribution in [0.25, 0.3) is 32.7 Å². The molecule has 0 aliphatic rings. The summed E-state index contributed by atoms with van der Waals surface area (Å²) < 4.78 is 0. The standard InChI is InChI=1S/C68H50N4/c1-5-23-55(24-6-1)69(61-43-47-63(48-44-61)71(57-27-9-3-10-28-57)67-33-17-21-53-19-13-15-31-65(53)67)59-39-35-51(36-40-59)52-37-41-60(42-38-52)70(56-25-7-2-8-26-56)62-45-49-64(50-46-62)72(58-29-11-4-12-30-58)68-34-18-22-54-20-14-16-32-66(54)68/h1-50H. The van der Waals surface area contributed by atoms with Crippen LogP contribution in [0, 0.1) is 0 Å². The minimum Gasteiger partial charge on any atom is -0.311 e. The second-order valence-electron chi connectivity index (χ2n) is 17.8. The molecule has 0 atom stereocenters. The van der Waals surface area contributed by atoms with Gasteiger partial charge in [-0.25, -0.2) is 0 Å². The number of para-hydroxylation sites is 4. The first kappa shape index (κ1) is 43.6. The highest BCUT2D eigenvalue weighted by molar-refractivity contribution is 6.00. The molecule has 0 heterocycles. The van der Waals surface area contributed by atoms with Crippen LogP contribution in [0.3, 0.4) is 0 Å². The van der Waals surface area contributed by atoms with Gasteiger partial charge in [-0.1, -0.05) is 170 Å². The van der Waals surface area contributed by atoms with Crippen LogP contribution in [0.4, 0.5) is 68.2 Å². The normalized spacial score (nSPS) is 11.1. The van der Waals surface area contributed by atoms with Gasteiger partial charge in [-0.3, -0.25) is 0 Å². The molecular weight excluding hydrogens is 873 g/mol. The van der Waals surface area contributed by atoms with Crippen LogP contribution in [0.5, 0.6) is 0 Å². The van der Waals surface area contributed by atoms with Crippen molar-refractivity contribution in [3.8, 4) is 11.1 Å². The van der Waals surface area contributed by atoms with E-state index < -0.39 is 0 Å². The lowest BCUT2D eigenvalue weighted by molar-refractivity contribution is 1.26. The van der Waals surface area contributed by atoms with Gasteiger partial charge < -0.3 is 19.6 Å². The van der Waals surface area contributed by atoms with E-state index in [4.69, 9.17) is 0 Å². The van der Waals surface area contributed by atoms with Gasteiger partial charge in [0, 0.05) is 67.6 Å². The first-order valence-electron chi connectivity index (χ1n) is 24.5. The maximum atomic E-state index is 2.35. The molecule has 12 aromatic rings. The highest BCUT2D eigenvalue weighted by Gasteiger charge is 2.20. The second-order valence-corrected chi connectivity index (χ2v) is 17.8. The van der Waals surface area contributed by atoms with E-state index >= 15 is 0 Å². The van der Waals surface area contributed by atoms with Gasteiger partial charge in [0.1, 0.15) is 0 Å². The highest BCUT2D eigenvalue weighted by atomic mass is 15.2. The van der Waals surface area contributed by atoms with Gasteiger partial charge in [0.25, 0.3) is 0 Å². The third kappa shape index (κ3) is 8.70. The summed E-state index contributed by atoms with van der Waals surface area (Å²) in [5.41, 5.74) is 15.4. The third-order valence-corrected chi connectivity index (χ3v) is 13.4. The molecule has 4 heteroatoms. The highest BCUT2D eigenvalue weighted by Crippen LogP contribution is 2.44. The molecule has 0 bridgehead atoms. The lowest BCUT2D eigenvalue weighted by atomic mass is 10.0. The molecule has 0 fully saturated rings. The van der Waals surface area contributed by atoms with Gasteiger partial charge in [-0.15, -0.1) is 0 Å². The Balaban J connectivity index is 0.842. The summed E-state index contributed by atoms with van der Waals surface area (Å²) in [6, 6.07) is 108. The van der Waals surface area contributed by atoms with Gasteiger partial charge in [0.15, 0.2) is 0 Å². The molecule has 72 heavy (non-hydrogen) atoms. The Hall–Kier alpha value is -9.64. The van der Waals surface area contributed by atoms with E-state index in [1.54, 1.807) is 0 Å². The Morgan fingerprint density at radius 3 is 0.694 bits per heavy atom. The number of benzene rings is 12. The molecule has 0 N–H and O–H groups in total. The van der Waals surface area contributed by atoms with Crippen LogP contribution in [0.2, 0.25) is 0 Å². The lowest BCUT2D eigenvalue weighted by Gasteiger charge is -2.29. The summed E-state index contributed by atoms with van der Waals surface area (Å²) in [5, 5.41) is 4.83. The molecule has 0 saturated carbocycles. The molecule has 0 aliphatic heterocycles. The van der Waals surface area contributed by atoms with E-state index in [0.717, 1.165) is 79.4 Å². The van der Waals surface area contributed by atoms with Gasteiger partial charge in [-0.05, 0) is 155 Å². The maximum Gasteiger partial charge on any atom is 0.0540 e. The van der Waals surface area contributed by atoms with Crippen LogP contribution >= 0.6 is 0 Å². The summed E-state index contributed by atoms with van der Waals surface area (Å²) in [6.07, 6.45) is 0. The van der Waals surface area contributed by atoms with Gasteiger partial charge in [0.2, 0.25) is 0 Å². The number of hydrogen-bond donors (Lipinski definition) is 0. The van der Waals surface area contributed by atoms with Crippen molar-refractivity contribution in [2.75, 3.05) is 19.6 Å². The third-order valence-electron chi connectivity index (χ3n) is 13.4. The largest absolute Gasteiger partial charge is 0.311 e. The average Bonchev–Trinajstić information content (AvgIpc) is 3.46. The molecular formula is C68H50N4. The fourth-order valence-electron chi connectivity index (χ4n) is 9.97. The van der Waals surface area contributed by atoms with Crippen molar-refractivity contribution in [1.82, 2.24) is 0 Å². The number of nitrogens with zero attached hydrogens (tertiary/aromatic N) is 4. The molecule has 0 aliphatic carbocycles. The summed E-state index contributed by atoms with van der Waals surface area (Å²) >= 11 is 0. The zero-order chi connectivity index (χ0) is 48.1. The molecule has 4 nitrogen and oxygen atoms in total. The Kier molecular flexibility index (Phi) is 12.0. The van der Waals surface area contributed by atoms with Gasteiger partial charge >= 0.3 is 0 Å². The second kappa shape index (κ2) is 19.8. The molecule has 0 unspecified atom stereocenters. The van der Waals surface area contributed by atoms with Crippen molar-refractivity contribution >= 4 is 89.8 Å². The van der Waals surface area contributed by atoms with Crippen LogP contribution in [0.1, 0.15) is 0 Å². The smallest absolute Gasteiger partial charge is 0.0540 e. The Morgan fingerprint density at radius 2 is 0.375 bits per heavy atom. The Bertz CT molecular complexity index is 3450. The van der Waals surface area contributed by atoms with Crippen molar-refractivity contribution in [3.63, 3.8) is 0 Å². The summed E-state index contributed by atoms with van der Waals surface area (Å²) in [6.45, 7) is 0. The number of fused-ring (bicyclic) bond motifs is 2. The molecule has 0 spiro atoms. The van der Waals surface area contributed by atoms with E-state index in [1.807, 2.05) is 0 Å². The van der Waals surface area contributed by atoms with E-state index in [0.29, 0.717) is 0 Å². The first-order chi connectivity index (χ1) is 35.7. The van der Waals surface area contributed by atoms with Crippen LogP contribution in [-0.4, -0.2) is 0 Å². The van der Waals surface area contributed by atoms with Crippen LogP contribution in [-0.2, 0) is 0 Å². The SMILES string of the molecule is c1ccc(N(c2ccc(-c3ccc(N(c4ccccc4)c4ccc(N(c5ccccc5)c5cccc6ccccc56)cc4)cc3)cc2)c2ccc(N(c3ccccc3)c3cccc4ccccc34)cc2)cc1. The van der Waals surface area contributed by atoms with Crippen molar-refractivity contribution in [3.05, 3.63) is 303 Å². The van der Waals surface area contributed by atoms with E-state index in [9.17, 15) is 0 Å². The zero-order valence-electron chi connectivity index (χ0n) is 39.7. The van der Waals surface area contributed by atoms with Gasteiger partial charge in [0.05, 0.1) is 11.4 Å². The minimum atomic E-state index is 1.07. The summed E-state index contributed by atoms with van der Waals surface area (Å²) in [7, 11) is 0. The minimum absolute atomic E-state index is 1.07. The molecule has 12 rings (SSSR count). The lowest BCUT2D eigenvalue weighted by Crippen LogP contribution is -2.12. The van der Waals surface area contributed by atoms with E-state index in [-0.39, 0.29) is 0 Å². The molecule has 342 valence electrons. The van der Waals surface area contributed by atoms with Crippen molar-refractivity contribution < 1.29 is 0 Å². The monoisotopic (exact) mass is 922 g/mol. The van der Waals surface area contributed by atoms with E-state index in [2.05, 4.69) is 323 Å². The predicted octanol–water partition coefficient (Wildman–Crippen LogP) is 19.5. The first-order valence-corrected chi connectivity index (χ1v) is 24.5. The molecule has 0 radical (unpaired) electrons. The van der Waals surface area contributed by atoms with Crippen LogP contribution < -0.4 is 19.6 Å². The quantitative estimate of drug-likeness (QED) is 0.114. The fraction of sp³-hybridized carbons (Fsp3) is 0. The van der Waals surface area contributed by atoms with Crippen LogP contribution in [0.15, 0.2) is 303 Å². The molecule has 0 saturated heterocycles. The summed E-state index contributed by atoms with van der Waals surface area (Å²) in [5.74, 6) is 0. The van der Waals surface area contributed by atoms with Gasteiger partial charge in [-0.2, -0.15) is 0 Å². The van der Waals surface area contributed by atoms with Crippen molar-refractivity contribution in [2.24, 2.45) is 0 Å². The van der Waals surface area contributed by atoms with E-state index in [1.165, 1.54) is 21.5 Å². The fourth-order valence-corrected chi connectivity index (χ4v) is 9.97. The average molecular weight is 923 g/mol. The number of rotatable bonds is 13. The zero-order valence-corrected chi connectivity index (χ0v) is 39.7. The number of anilines is 12. The number of hydrogen-bond acceptors (Lipinski definition) is 4. The topological polar surface area (TPSA) is 13.0 Å². The molecule has 12 aromatic carbocycles. The van der Waals surface area contributed by atoms with Crippen molar-refractivity contribution in [1.29, 1.82) is 0 Å².